The van der Waals surface area contributed by atoms with Gasteiger partial charge in [-0.15, -0.1) is 11.3 Å². The van der Waals surface area contributed by atoms with Crippen molar-refractivity contribution >= 4 is 27.5 Å². The molecule has 2 heterocycles. The van der Waals surface area contributed by atoms with Crippen molar-refractivity contribution in [1.82, 2.24) is 14.5 Å². The van der Waals surface area contributed by atoms with Gasteiger partial charge >= 0.3 is 0 Å². The average molecular weight is 362 g/mol. The average Bonchev–Trinajstić information content (AvgIpc) is 2.87. The molecule has 0 saturated heterocycles. The smallest absolute Gasteiger partial charge is 0.262 e. The lowest BCUT2D eigenvalue weighted by Gasteiger charge is -2.31. The molecule has 6 heteroatoms. The third-order valence-electron chi connectivity index (χ3n) is 4.99. The Morgan fingerprint density at radius 3 is 2.68 bits per heavy atom. The number of nitrogens with zero attached hydrogens (tertiary/aromatic N) is 3. The summed E-state index contributed by atoms with van der Waals surface area (Å²) in [6, 6.07) is 0.213. The maximum atomic E-state index is 13.0. The van der Waals surface area contributed by atoms with E-state index in [1.54, 1.807) is 11.3 Å². The lowest BCUT2D eigenvalue weighted by Crippen LogP contribution is -2.44. The van der Waals surface area contributed by atoms with Crippen LogP contribution >= 0.6 is 11.3 Å². The molecule has 1 atom stereocenters. The highest BCUT2D eigenvalue weighted by Gasteiger charge is 2.25. The maximum absolute atomic E-state index is 13.0. The summed E-state index contributed by atoms with van der Waals surface area (Å²) in [6.45, 7) is 10.3. The van der Waals surface area contributed by atoms with Gasteiger partial charge in [-0.3, -0.25) is 14.2 Å². The van der Waals surface area contributed by atoms with Crippen LogP contribution in [0.3, 0.4) is 0 Å². The second-order valence-corrected chi connectivity index (χ2v) is 8.78. The van der Waals surface area contributed by atoms with Crippen LogP contribution in [-0.4, -0.2) is 32.4 Å². The number of carbonyl (C=O) groups is 1. The quantitative estimate of drug-likeness (QED) is 0.840. The molecule has 0 saturated carbocycles. The summed E-state index contributed by atoms with van der Waals surface area (Å²) in [5.41, 5.74) is 1.10. The zero-order valence-electron chi connectivity index (χ0n) is 15.7. The Morgan fingerprint density at radius 2 is 2.04 bits per heavy atom. The molecule has 0 N–H and O–H groups in total. The summed E-state index contributed by atoms with van der Waals surface area (Å²) in [5, 5.41) is 0.739. The van der Waals surface area contributed by atoms with Gasteiger partial charge in [-0.25, -0.2) is 4.98 Å². The minimum atomic E-state index is -0.0714. The van der Waals surface area contributed by atoms with Crippen molar-refractivity contribution in [3.8, 4) is 0 Å². The van der Waals surface area contributed by atoms with Crippen molar-refractivity contribution in [1.29, 1.82) is 0 Å². The van der Waals surface area contributed by atoms with E-state index in [4.69, 9.17) is 0 Å². The fourth-order valence-electron chi connectivity index (χ4n) is 3.88. The number of fused-ring (bicyclic) bond motifs is 3. The molecule has 0 aliphatic heterocycles. The molecule has 5 nitrogen and oxygen atoms in total. The monoisotopic (exact) mass is 361 g/mol. The van der Waals surface area contributed by atoms with E-state index >= 15 is 0 Å². The molecule has 2 aromatic rings. The molecular formula is C19H27N3O2S. The van der Waals surface area contributed by atoms with Gasteiger partial charge in [0.05, 0.1) is 11.7 Å². The molecule has 3 rings (SSSR count). The van der Waals surface area contributed by atoms with E-state index in [-0.39, 0.29) is 30.1 Å². The number of thiophene rings is 1. The fraction of sp³-hybridized carbons (Fsp3) is 0.632. The van der Waals surface area contributed by atoms with E-state index in [0.717, 1.165) is 29.5 Å². The highest BCUT2D eigenvalue weighted by molar-refractivity contribution is 7.18. The van der Waals surface area contributed by atoms with Gasteiger partial charge in [0.1, 0.15) is 11.4 Å². The number of carbonyl (C=O) groups excluding carboxylic acids is 1. The predicted octanol–water partition coefficient (Wildman–Crippen LogP) is 3.23. The zero-order valence-corrected chi connectivity index (χ0v) is 16.5. The normalized spacial score (nSPS) is 17.3. The number of rotatable bonds is 4. The van der Waals surface area contributed by atoms with E-state index in [1.807, 2.05) is 32.6 Å². The van der Waals surface area contributed by atoms with Crippen LogP contribution in [0.25, 0.3) is 10.2 Å². The second-order valence-electron chi connectivity index (χ2n) is 7.70. The van der Waals surface area contributed by atoms with Crippen molar-refractivity contribution in [3.05, 3.63) is 27.1 Å². The Kier molecular flexibility index (Phi) is 5.00. The van der Waals surface area contributed by atoms with Crippen molar-refractivity contribution in [2.75, 3.05) is 0 Å². The van der Waals surface area contributed by atoms with Gasteiger partial charge in [0.25, 0.3) is 5.56 Å². The van der Waals surface area contributed by atoms with E-state index in [9.17, 15) is 9.59 Å². The molecule has 1 amide bonds. The van der Waals surface area contributed by atoms with Crippen LogP contribution in [0.15, 0.2) is 11.1 Å². The standard InChI is InChI=1S/C19H27N3O2S/c1-11(2)22(12(3)4)16(23)9-21-10-20-18-17(19(21)24)14-7-6-13(5)8-15(14)25-18/h10-13H,6-9H2,1-5H3/t13-/m1/s1. The Balaban J connectivity index is 1.97. The Hall–Kier alpha value is -1.69. The number of aromatic nitrogens is 2. The molecule has 0 spiro atoms. The Morgan fingerprint density at radius 1 is 1.36 bits per heavy atom. The van der Waals surface area contributed by atoms with Crippen molar-refractivity contribution in [3.63, 3.8) is 0 Å². The molecule has 0 radical (unpaired) electrons. The first-order chi connectivity index (χ1) is 11.8. The lowest BCUT2D eigenvalue weighted by molar-refractivity contribution is -0.135. The summed E-state index contributed by atoms with van der Waals surface area (Å²) in [7, 11) is 0. The van der Waals surface area contributed by atoms with Gasteiger partial charge in [-0.1, -0.05) is 6.92 Å². The lowest BCUT2D eigenvalue weighted by atomic mass is 9.89. The summed E-state index contributed by atoms with van der Waals surface area (Å²) in [4.78, 5) is 34.1. The first kappa shape index (κ1) is 18.1. The number of hydrogen-bond donors (Lipinski definition) is 0. The summed E-state index contributed by atoms with van der Waals surface area (Å²) < 4.78 is 1.48. The molecule has 2 aromatic heterocycles. The highest BCUT2D eigenvalue weighted by Crippen LogP contribution is 2.35. The van der Waals surface area contributed by atoms with Crippen LogP contribution < -0.4 is 5.56 Å². The molecular weight excluding hydrogens is 334 g/mol. The van der Waals surface area contributed by atoms with Crippen LogP contribution in [0.4, 0.5) is 0 Å². The number of amides is 1. The molecule has 0 aromatic carbocycles. The third kappa shape index (κ3) is 3.36. The molecule has 25 heavy (non-hydrogen) atoms. The van der Waals surface area contributed by atoms with Crippen molar-refractivity contribution in [2.45, 2.75) is 72.5 Å². The van der Waals surface area contributed by atoms with Crippen LogP contribution in [0.5, 0.6) is 0 Å². The topological polar surface area (TPSA) is 55.2 Å². The van der Waals surface area contributed by atoms with Gasteiger partial charge in [0.15, 0.2) is 0 Å². The van der Waals surface area contributed by atoms with Crippen LogP contribution in [-0.2, 0) is 24.2 Å². The van der Waals surface area contributed by atoms with Crippen molar-refractivity contribution in [2.24, 2.45) is 5.92 Å². The number of hydrogen-bond acceptors (Lipinski definition) is 4. The van der Waals surface area contributed by atoms with Gasteiger partial charge in [0.2, 0.25) is 5.91 Å². The molecule has 1 aliphatic carbocycles. The molecule has 136 valence electrons. The van der Waals surface area contributed by atoms with E-state index < -0.39 is 0 Å². The molecule has 0 unspecified atom stereocenters. The minimum Gasteiger partial charge on any atom is -0.336 e. The van der Waals surface area contributed by atoms with Crippen molar-refractivity contribution < 1.29 is 4.79 Å². The second kappa shape index (κ2) is 6.90. The van der Waals surface area contributed by atoms with Gasteiger partial charge in [-0.2, -0.15) is 0 Å². The molecule has 0 fully saturated rings. The zero-order chi connectivity index (χ0) is 18.3. The van der Waals surface area contributed by atoms with Gasteiger partial charge < -0.3 is 4.90 Å². The van der Waals surface area contributed by atoms with Gasteiger partial charge in [-0.05, 0) is 58.4 Å². The SMILES string of the molecule is CC(C)N(C(=O)Cn1cnc2sc3c(c2c1=O)CC[C@@H](C)C3)C(C)C. The summed E-state index contributed by atoms with van der Waals surface area (Å²) >= 11 is 1.64. The predicted molar refractivity (Wildman–Crippen MR) is 102 cm³/mol. The maximum Gasteiger partial charge on any atom is 0.262 e. The Labute approximate surface area is 152 Å². The van der Waals surface area contributed by atoms with E-state index in [2.05, 4.69) is 11.9 Å². The summed E-state index contributed by atoms with van der Waals surface area (Å²) in [5.74, 6) is 0.626. The fourth-order valence-corrected chi connectivity index (χ4v) is 5.22. The van der Waals surface area contributed by atoms with E-state index in [1.165, 1.54) is 21.3 Å². The van der Waals surface area contributed by atoms with Crippen LogP contribution in [0, 0.1) is 5.92 Å². The van der Waals surface area contributed by atoms with Crippen LogP contribution in [0.2, 0.25) is 0 Å². The number of aryl methyl sites for hydroxylation is 1. The molecule has 1 aliphatic rings. The Bertz CT molecular complexity index is 842. The minimum absolute atomic E-state index is 0.0361. The summed E-state index contributed by atoms with van der Waals surface area (Å²) in [6.07, 6.45) is 4.62. The van der Waals surface area contributed by atoms with Gasteiger partial charge in [0, 0.05) is 17.0 Å². The highest BCUT2D eigenvalue weighted by atomic mass is 32.1. The first-order valence-electron chi connectivity index (χ1n) is 9.10. The van der Waals surface area contributed by atoms with Crippen LogP contribution in [0.1, 0.15) is 51.5 Å². The first-order valence-corrected chi connectivity index (χ1v) is 9.92. The largest absolute Gasteiger partial charge is 0.336 e. The van der Waals surface area contributed by atoms with E-state index in [0.29, 0.717) is 5.92 Å². The third-order valence-corrected chi connectivity index (χ3v) is 6.15. The molecule has 0 bridgehead atoms.